The van der Waals surface area contributed by atoms with E-state index in [1.54, 1.807) is 4.90 Å². The van der Waals surface area contributed by atoms with Crippen molar-refractivity contribution in [1.29, 1.82) is 0 Å². The van der Waals surface area contributed by atoms with Crippen LogP contribution < -0.4 is 0 Å². The van der Waals surface area contributed by atoms with E-state index in [-0.39, 0.29) is 11.8 Å². The van der Waals surface area contributed by atoms with Crippen LogP contribution in [0.2, 0.25) is 5.02 Å². The quantitative estimate of drug-likeness (QED) is 0.718. The van der Waals surface area contributed by atoms with Gasteiger partial charge in [0, 0.05) is 30.5 Å². The number of carbonyl (C=O) groups is 1. The van der Waals surface area contributed by atoms with Gasteiger partial charge in [0.25, 0.3) is 0 Å². The van der Waals surface area contributed by atoms with E-state index in [9.17, 15) is 4.79 Å². The minimum atomic E-state index is 0.0509. The number of nitrogens with zero attached hydrogens (tertiary/aromatic N) is 1. The summed E-state index contributed by atoms with van der Waals surface area (Å²) < 4.78 is 0. The molecule has 1 saturated heterocycles. The first-order valence-electron chi connectivity index (χ1n) is 5.18. The van der Waals surface area contributed by atoms with Gasteiger partial charge in [0.2, 0.25) is 5.91 Å². The number of likely N-dealkylation sites (tertiary alicyclic amines) is 1. The van der Waals surface area contributed by atoms with Crippen molar-refractivity contribution in [2.75, 3.05) is 6.54 Å². The molecule has 1 aromatic rings. The minimum absolute atomic E-state index is 0.0509. The molecule has 0 spiro atoms. The van der Waals surface area contributed by atoms with Gasteiger partial charge < -0.3 is 4.90 Å². The SMILES string of the molecule is C#CC1CC(=O)N(Cc2ccccc2Cl)C1. The number of halogens is 1. The topological polar surface area (TPSA) is 20.3 Å². The number of rotatable bonds is 2. The molecule has 82 valence electrons. The Morgan fingerprint density at radius 3 is 2.88 bits per heavy atom. The number of hydrogen-bond donors (Lipinski definition) is 0. The molecule has 1 aromatic carbocycles. The van der Waals surface area contributed by atoms with Crippen LogP contribution in [-0.2, 0) is 11.3 Å². The third-order valence-corrected chi connectivity index (χ3v) is 3.14. The van der Waals surface area contributed by atoms with E-state index in [1.165, 1.54) is 0 Å². The molecule has 0 radical (unpaired) electrons. The van der Waals surface area contributed by atoms with Crippen LogP contribution in [0.25, 0.3) is 0 Å². The number of carbonyl (C=O) groups excluding carboxylic acids is 1. The summed E-state index contributed by atoms with van der Waals surface area (Å²) in [4.78, 5) is 13.4. The minimum Gasteiger partial charge on any atom is -0.337 e. The summed E-state index contributed by atoms with van der Waals surface area (Å²) in [5.74, 6) is 2.79. The van der Waals surface area contributed by atoms with Crippen molar-refractivity contribution in [3.63, 3.8) is 0 Å². The maximum absolute atomic E-state index is 11.6. The summed E-state index contributed by atoms with van der Waals surface area (Å²) in [6.07, 6.45) is 5.79. The summed E-state index contributed by atoms with van der Waals surface area (Å²) in [6, 6.07) is 7.55. The molecule has 0 saturated carbocycles. The molecule has 0 aromatic heterocycles. The average Bonchev–Trinajstić information content (AvgIpc) is 2.63. The highest BCUT2D eigenvalue weighted by atomic mass is 35.5. The van der Waals surface area contributed by atoms with E-state index in [2.05, 4.69) is 5.92 Å². The molecule has 1 fully saturated rings. The zero-order chi connectivity index (χ0) is 11.5. The highest BCUT2D eigenvalue weighted by Gasteiger charge is 2.28. The molecule has 2 rings (SSSR count). The monoisotopic (exact) mass is 233 g/mol. The molecule has 16 heavy (non-hydrogen) atoms. The van der Waals surface area contributed by atoms with E-state index in [4.69, 9.17) is 18.0 Å². The molecule has 1 aliphatic rings. The van der Waals surface area contributed by atoms with Crippen LogP contribution in [0.4, 0.5) is 0 Å². The molecule has 1 unspecified atom stereocenters. The van der Waals surface area contributed by atoms with Crippen molar-refractivity contribution in [2.24, 2.45) is 5.92 Å². The van der Waals surface area contributed by atoms with Crippen molar-refractivity contribution in [3.05, 3.63) is 34.9 Å². The lowest BCUT2D eigenvalue weighted by Crippen LogP contribution is -2.24. The fourth-order valence-electron chi connectivity index (χ4n) is 1.87. The van der Waals surface area contributed by atoms with Crippen LogP contribution in [-0.4, -0.2) is 17.4 Å². The number of benzene rings is 1. The van der Waals surface area contributed by atoms with Gasteiger partial charge in [0.05, 0.1) is 0 Å². The van der Waals surface area contributed by atoms with Crippen molar-refractivity contribution in [1.82, 2.24) is 4.90 Å². The van der Waals surface area contributed by atoms with Crippen molar-refractivity contribution >= 4 is 17.5 Å². The first kappa shape index (κ1) is 11.0. The van der Waals surface area contributed by atoms with Crippen LogP contribution in [0.5, 0.6) is 0 Å². The zero-order valence-corrected chi connectivity index (χ0v) is 9.57. The number of amides is 1. The van der Waals surface area contributed by atoms with Gasteiger partial charge in [-0.2, -0.15) is 0 Å². The van der Waals surface area contributed by atoms with Gasteiger partial charge in [-0.05, 0) is 11.6 Å². The van der Waals surface area contributed by atoms with Gasteiger partial charge in [0.1, 0.15) is 0 Å². The molecule has 0 bridgehead atoms. The Balaban J connectivity index is 2.09. The van der Waals surface area contributed by atoms with Crippen LogP contribution in [0.15, 0.2) is 24.3 Å². The normalized spacial score (nSPS) is 19.9. The molecule has 0 aliphatic carbocycles. The van der Waals surface area contributed by atoms with Gasteiger partial charge in [-0.3, -0.25) is 4.79 Å². The maximum Gasteiger partial charge on any atom is 0.224 e. The molecule has 2 nitrogen and oxygen atoms in total. The largest absolute Gasteiger partial charge is 0.337 e. The fourth-order valence-corrected chi connectivity index (χ4v) is 2.06. The van der Waals surface area contributed by atoms with Crippen LogP contribution in [0.3, 0.4) is 0 Å². The average molecular weight is 234 g/mol. The standard InChI is InChI=1S/C13H12ClNO/c1-2-10-7-13(16)15(8-10)9-11-5-3-4-6-12(11)14/h1,3-6,10H,7-9H2. The number of hydrogen-bond acceptors (Lipinski definition) is 1. The fraction of sp³-hybridized carbons (Fsp3) is 0.308. The summed E-state index contributed by atoms with van der Waals surface area (Å²) in [5, 5.41) is 0.694. The van der Waals surface area contributed by atoms with Crippen LogP contribution >= 0.6 is 11.6 Å². The molecule has 0 N–H and O–H groups in total. The lowest BCUT2D eigenvalue weighted by atomic mass is 10.1. The Hall–Kier alpha value is -1.46. The van der Waals surface area contributed by atoms with Crippen molar-refractivity contribution in [3.8, 4) is 12.3 Å². The highest BCUT2D eigenvalue weighted by molar-refractivity contribution is 6.31. The van der Waals surface area contributed by atoms with E-state index >= 15 is 0 Å². The predicted molar refractivity (Wildman–Crippen MR) is 63.8 cm³/mol. The predicted octanol–water partition coefficient (Wildman–Crippen LogP) is 2.32. The molecular formula is C13H12ClNO. The summed E-state index contributed by atoms with van der Waals surface area (Å²) in [5.41, 5.74) is 0.968. The van der Waals surface area contributed by atoms with E-state index in [0.29, 0.717) is 24.5 Å². The molecule has 3 heteroatoms. The second kappa shape index (κ2) is 4.59. The Morgan fingerprint density at radius 2 is 2.25 bits per heavy atom. The van der Waals surface area contributed by atoms with Gasteiger partial charge in [-0.25, -0.2) is 0 Å². The summed E-state index contributed by atoms with van der Waals surface area (Å²) in [6.45, 7) is 1.19. The van der Waals surface area contributed by atoms with E-state index in [1.807, 2.05) is 24.3 Å². The molecule has 1 heterocycles. The van der Waals surface area contributed by atoms with Crippen LogP contribution in [0, 0.1) is 18.3 Å². The first-order valence-corrected chi connectivity index (χ1v) is 5.56. The summed E-state index contributed by atoms with van der Waals surface area (Å²) >= 11 is 6.04. The van der Waals surface area contributed by atoms with Crippen molar-refractivity contribution < 1.29 is 4.79 Å². The van der Waals surface area contributed by atoms with Crippen LogP contribution in [0.1, 0.15) is 12.0 Å². The zero-order valence-electron chi connectivity index (χ0n) is 8.82. The van der Waals surface area contributed by atoms with Gasteiger partial charge in [-0.1, -0.05) is 29.8 Å². The number of terminal acetylenes is 1. The van der Waals surface area contributed by atoms with Gasteiger partial charge in [-0.15, -0.1) is 12.3 Å². The van der Waals surface area contributed by atoms with E-state index < -0.39 is 0 Å². The second-order valence-electron chi connectivity index (χ2n) is 3.93. The third-order valence-electron chi connectivity index (χ3n) is 2.77. The highest BCUT2D eigenvalue weighted by Crippen LogP contribution is 2.22. The lowest BCUT2D eigenvalue weighted by molar-refractivity contribution is -0.128. The Kier molecular flexibility index (Phi) is 3.17. The molecule has 1 amide bonds. The van der Waals surface area contributed by atoms with Gasteiger partial charge in [0.15, 0.2) is 0 Å². The maximum atomic E-state index is 11.6. The van der Waals surface area contributed by atoms with Gasteiger partial charge >= 0.3 is 0 Å². The Morgan fingerprint density at radius 1 is 1.50 bits per heavy atom. The third kappa shape index (κ3) is 2.20. The summed E-state index contributed by atoms with van der Waals surface area (Å²) in [7, 11) is 0. The second-order valence-corrected chi connectivity index (χ2v) is 4.34. The first-order chi connectivity index (χ1) is 7.70. The lowest BCUT2D eigenvalue weighted by Gasteiger charge is -2.16. The smallest absolute Gasteiger partial charge is 0.224 e. The Labute approximate surface area is 100 Å². The van der Waals surface area contributed by atoms with E-state index in [0.717, 1.165) is 5.56 Å². The molecule has 1 aliphatic heterocycles. The molecule has 1 atom stereocenters. The van der Waals surface area contributed by atoms with Crippen molar-refractivity contribution in [2.45, 2.75) is 13.0 Å². The Bertz CT molecular complexity index is 449. The molecular weight excluding hydrogens is 222 g/mol.